The molecule has 1 atom stereocenters. The lowest BCUT2D eigenvalue weighted by molar-refractivity contribution is -0.135. The van der Waals surface area contributed by atoms with Gasteiger partial charge in [-0.2, -0.15) is 0 Å². The number of amides is 1. The highest BCUT2D eigenvalue weighted by Gasteiger charge is 2.48. The van der Waals surface area contributed by atoms with Crippen molar-refractivity contribution in [2.75, 3.05) is 26.2 Å². The van der Waals surface area contributed by atoms with Gasteiger partial charge in [-0.1, -0.05) is 13.0 Å². The van der Waals surface area contributed by atoms with Crippen LogP contribution in [0.5, 0.6) is 0 Å². The summed E-state index contributed by atoms with van der Waals surface area (Å²) in [5.74, 6) is -1.03. The van der Waals surface area contributed by atoms with E-state index in [1.165, 1.54) is 12.1 Å². The zero-order chi connectivity index (χ0) is 16.6. The molecule has 2 aliphatic rings. The molecule has 1 heterocycles. The number of nitrogens with two attached hydrogens (primary N) is 1. The van der Waals surface area contributed by atoms with E-state index >= 15 is 0 Å². The molecule has 4 nitrogen and oxygen atoms in total. The highest BCUT2D eigenvalue weighted by atomic mass is 19.1. The van der Waals surface area contributed by atoms with Crippen molar-refractivity contribution in [2.45, 2.75) is 37.8 Å². The molecule has 0 bridgehead atoms. The third-order valence-electron chi connectivity index (χ3n) is 4.97. The molecular formula is C17H23F2N3O. The van der Waals surface area contributed by atoms with E-state index in [0.29, 0.717) is 31.7 Å². The molecule has 1 unspecified atom stereocenters. The number of halogens is 2. The lowest BCUT2D eigenvalue weighted by Gasteiger charge is -2.40. The minimum Gasteiger partial charge on any atom is -0.339 e. The van der Waals surface area contributed by atoms with Crippen molar-refractivity contribution in [3.63, 3.8) is 0 Å². The second-order valence-electron chi connectivity index (χ2n) is 6.57. The zero-order valence-electron chi connectivity index (χ0n) is 13.4. The predicted molar refractivity (Wildman–Crippen MR) is 83.7 cm³/mol. The maximum Gasteiger partial charge on any atom is 0.242 e. The normalized spacial score (nSPS) is 22.0. The Kier molecular flexibility index (Phi) is 4.38. The van der Waals surface area contributed by atoms with Crippen molar-refractivity contribution in [2.24, 2.45) is 5.73 Å². The molecule has 1 saturated heterocycles. The Labute approximate surface area is 135 Å². The summed E-state index contributed by atoms with van der Waals surface area (Å²) in [7, 11) is 0. The molecule has 1 aromatic rings. The highest BCUT2D eigenvalue weighted by Crippen LogP contribution is 2.35. The molecule has 0 aromatic heterocycles. The predicted octanol–water partition coefficient (Wildman–Crippen LogP) is 2.05. The molecule has 126 valence electrons. The van der Waals surface area contributed by atoms with E-state index in [4.69, 9.17) is 5.73 Å². The standard InChI is InChI=1S/C17H23F2N3O/c1-2-15(13-4-3-12(18)11-14(13)19)21-7-9-22(10-8-21)16(23)17(20)5-6-17/h3-4,11,15H,2,5-10,20H2,1H3. The molecule has 23 heavy (non-hydrogen) atoms. The van der Waals surface area contributed by atoms with E-state index < -0.39 is 17.2 Å². The third-order valence-corrected chi connectivity index (χ3v) is 4.97. The highest BCUT2D eigenvalue weighted by molar-refractivity contribution is 5.89. The maximum absolute atomic E-state index is 14.1. The molecular weight excluding hydrogens is 300 g/mol. The summed E-state index contributed by atoms with van der Waals surface area (Å²) in [4.78, 5) is 16.3. The van der Waals surface area contributed by atoms with Gasteiger partial charge in [0.05, 0.1) is 5.54 Å². The van der Waals surface area contributed by atoms with Gasteiger partial charge in [-0.3, -0.25) is 9.69 Å². The van der Waals surface area contributed by atoms with Crippen molar-refractivity contribution in [1.29, 1.82) is 0 Å². The number of benzene rings is 1. The Morgan fingerprint density at radius 2 is 1.91 bits per heavy atom. The van der Waals surface area contributed by atoms with Crippen LogP contribution in [0, 0.1) is 11.6 Å². The van der Waals surface area contributed by atoms with Crippen LogP contribution in [0.25, 0.3) is 0 Å². The van der Waals surface area contributed by atoms with Crippen LogP contribution in [0.15, 0.2) is 18.2 Å². The van der Waals surface area contributed by atoms with E-state index in [1.807, 2.05) is 11.8 Å². The molecule has 2 fully saturated rings. The number of nitrogens with zero attached hydrogens (tertiary/aromatic N) is 2. The van der Waals surface area contributed by atoms with Crippen LogP contribution in [-0.4, -0.2) is 47.4 Å². The summed E-state index contributed by atoms with van der Waals surface area (Å²) >= 11 is 0. The van der Waals surface area contributed by atoms with Crippen molar-refractivity contribution < 1.29 is 13.6 Å². The zero-order valence-corrected chi connectivity index (χ0v) is 13.4. The van der Waals surface area contributed by atoms with Gasteiger partial charge >= 0.3 is 0 Å². The minimum absolute atomic E-state index is 0.0400. The molecule has 1 aliphatic carbocycles. The van der Waals surface area contributed by atoms with E-state index in [2.05, 4.69) is 4.90 Å². The molecule has 1 saturated carbocycles. The van der Waals surface area contributed by atoms with Gasteiger partial charge in [-0.05, 0) is 25.3 Å². The number of hydrogen-bond acceptors (Lipinski definition) is 3. The Morgan fingerprint density at radius 3 is 2.43 bits per heavy atom. The van der Waals surface area contributed by atoms with E-state index in [9.17, 15) is 13.6 Å². The summed E-state index contributed by atoms with van der Waals surface area (Å²) in [6, 6.07) is 3.66. The fourth-order valence-electron chi connectivity index (χ4n) is 3.35. The minimum atomic E-state index is -0.630. The fraction of sp³-hybridized carbons (Fsp3) is 0.588. The van der Waals surface area contributed by atoms with Crippen LogP contribution >= 0.6 is 0 Å². The smallest absolute Gasteiger partial charge is 0.242 e. The number of piperazine rings is 1. The molecule has 0 spiro atoms. The van der Waals surface area contributed by atoms with Crippen LogP contribution in [0.4, 0.5) is 8.78 Å². The monoisotopic (exact) mass is 323 g/mol. The Bertz CT molecular complexity index is 596. The molecule has 1 aliphatic heterocycles. The number of rotatable bonds is 4. The summed E-state index contributed by atoms with van der Waals surface area (Å²) < 4.78 is 27.2. The van der Waals surface area contributed by atoms with Gasteiger partial charge in [0.25, 0.3) is 0 Å². The number of carbonyl (C=O) groups is 1. The second kappa shape index (κ2) is 6.17. The Hall–Kier alpha value is -1.53. The van der Waals surface area contributed by atoms with Gasteiger partial charge in [0, 0.05) is 43.9 Å². The second-order valence-corrected chi connectivity index (χ2v) is 6.57. The number of carbonyl (C=O) groups excluding carboxylic acids is 1. The van der Waals surface area contributed by atoms with Crippen LogP contribution in [0.2, 0.25) is 0 Å². The topological polar surface area (TPSA) is 49.6 Å². The summed E-state index contributed by atoms with van der Waals surface area (Å²) in [5.41, 5.74) is 5.87. The van der Waals surface area contributed by atoms with Gasteiger partial charge < -0.3 is 10.6 Å². The average Bonchev–Trinajstić information content (AvgIpc) is 3.29. The first-order valence-corrected chi connectivity index (χ1v) is 8.22. The molecule has 1 aromatic carbocycles. The van der Waals surface area contributed by atoms with Crippen LogP contribution in [-0.2, 0) is 4.79 Å². The lowest BCUT2D eigenvalue weighted by atomic mass is 10.0. The van der Waals surface area contributed by atoms with Gasteiger partial charge in [0.15, 0.2) is 0 Å². The van der Waals surface area contributed by atoms with Gasteiger partial charge in [-0.25, -0.2) is 8.78 Å². The average molecular weight is 323 g/mol. The summed E-state index contributed by atoms with van der Waals surface area (Å²) in [6.45, 7) is 4.56. The molecule has 6 heteroatoms. The van der Waals surface area contributed by atoms with Crippen molar-refractivity contribution >= 4 is 5.91 Å². The molecule has 1 amide bonds. The first-order valence-electron chi connectivity index (χ1n) is 8.22. The van der Waals surface area contributed by atoms with E-state index in [1.54, 1.807) is 0 Å². The van der Waals surface area contributed by atoms with Gasteiger partial charge in [-0.15, -0.1) is 0 Å². The number of hydrogen-bond donors (Lipinski definition) is 1. The SMILES string of the molecule is CCC(c1ccc(F)cc1F)N1CCN(C(=O)C2(N)CC2)CC1. The molecule has 0 radical (unpaired) electrons. The van der Waals surface area contributed by atoms with E-state index in [-0.39, 0.29) is 11.9 Å². The van der Waals surface area contributed by atoms with Crippen LogP contribution in [0.3, 0.4) is 0 Å². The first kappa shape index (κ1) is 16.3. The molecule has 2 N–H and O–H groups in total. The van der Waals surface area contributed by atoms with Crippen LogP contribution < -0.4 is 5.73 Å². The maximum atomic E-state index is 14.1. The van der Waals surface area contributed by atoms with E-state index in [0.717, 1.165) is 25.3 Å². The third kappa shape index (κ3) is 3.23. The Balaban J connectivity index is 1.66. The lowest BCUT2D eigenvalue weighted by Crippen LogP contribution is -2.54. The molecule has 3 rings (SSSR count). The van der Waals surface area contributed by atoms with Gasteiger partial charge in [0.2, 0.25) is 5.91 Å². The summed E-state index contributed by atoms with van der Waals surface area (Å²) in [6.07, 6.45) is 2.27. The first-order chi connectivity index (χ1) is 10.9. The van der Waals surface area contributed by atoms with Crippen molar-refractivity contribution in [3.8, 4) is 0 Å². The fourth-order valence-corrected chi connectivity index (χ4v) is 3.35. The van der Waals surface area contributed by atoms with Gasteiger partial charge in [0.1, 0.15) is 11.6 Å². The van der Waals surface area contributed by atoms with Crippen molar-refractivity contribution in [3.05, 3.63) is 35.4 Å². The quantitative estimate of drug-likeness (QED) is 0.923. The Morgan fingerprint density at radius 1 is 1.26 bits per heavy atom. The summed E-state index contributed by atoms with van der Waals surface area (Å²) in [5, 5.41) is 0. The van der Waals surface area contributed by atoms with Crippen molar-refractivity contribution in [1.82, 2.24) is 9.80 Å². The van der Waals surface area contributed by atoms with Crippen LogP contribution in [0.1, 0.15) is 37.8 Å². The largest absolute Gasteiger partial charge is 0.339 e.